The summed E-state index contributed by atoms with van der Waals surface area (Å²) < 4.78 is 0. The number of rotatable bonds is 6. The zero-order valence-corrected chi connectivity index (χ0v) is 9.15. The van der Waals surface area contributed by atoms with Crippen molar-refractivity contribution in [2.45, 2.75) is 25.7 Å². The fraction of sp³-hybridized carbons (Fsp3) is 0.500. The average Bonchev–Trinajstić information content (AvgIpc) is 3.08. The number of hydrogen-bond acceptors (Lipinski definition) is 3. The van der Waals surface area contributed by atoms with Crippen LogP contribution in [0.5, 0.6) is 0 Å². The molecule has 86 valence electrons. The van der Waals surface area contributed by atoms with Crippen molar-refractivity contribution in [3.63, 3.8) is 0 Å². The van der Waals surface area contributed by atoms with Gasteiger partial charge in [-0.3, -0.25) is 4.98 Å². The van der Waals surface area contributed by atoms with Crippen molar-refractivity contribution >= 4 is 11.7 Å². The second-order valence-electron chi connectivity index (χ2n) is 4.24. The number of anilines is 1. The molecule has 0 unspecified atom stereocenters. The van der Waals surface area contributed by atoms with E-state index in [1.54, 1.807) is 12.3 Å². The summed E-state index contributed by atoms with van der Waals surface area (Å²) in [5.41, 5.74) is 0.909. The van der Waals surface area contributed by atoms with Crippen LogP contribution in [-0.2, 0) is 0 Å². The molecule has 2 N–H and O–H groups in total. The van der Waals surface area contributed by atoms with Crippen LogP contribution in [0, 0.1) is 5.92 Å². The molecule has 0 radical (unpaired) electrons. The second-order valence-corrected chi connectivity index (χ2v) is 4.24. The van der Waals surface area contributed by atoms with Gasteiger partial charge in [-0.2, -0.15) is 0 Å². The molecule has 0 aliphatic heterocycles. The van der Waals surface area contributed by atoms with E-state index in [9.17, 15) is 4.79 Å². The van der Waals surface area contributed by atoms with Crippen molar-refractivity contribution < 1.29 is 9.90 Å². The quantitative estimate of drug-likeness (QED) is 0.722. The fourth-order valence-corrected chi connectivity index (χ4v) is 1.74. The van der Waals surface area contributed by atoms with Crippen molar-refractivity contribution in [1.82, 2.24) is 4.98 Å². The Bertz CT molecular complexity index is 375. The van der Waals surface area contributed by atoms with E-state index in [1.165, 1.54) is 25.5 Å². The number of aromatic nitrogens is 1. The number of nitrogens with zero attached hydrogens (tertiary/aromatic N) is 1. The van der Waals surface area contributed by atoms with Crippen LogP contribution in [0.4, 0.5) is 5.69 Å². The Morgan fingerprint density at radius 1 is 1.56 bits per heavy atom. The molecule has 1 aromatic heterocycles. The van der Waals surface area contributed by atoms with Crippen molar-refractivity contribution in [3.05, 3.63) is 24.0 Å². The molecule has 1 heterocycles. The first kappa shape index (κ1) is 10.9. The molecule has 1 aliphatic carbocycles. The molecule has 1 fully saturated rings. The fourth-order valence-electron chi connectivity index (χ4n) is 1.74. The molecule has 4 nitrogen and oxygen atoms in total. The molecule has 0 atom stereocenters. The van der Waals surface area contributed by atoms with Crippen molar-refractivity contribution in [2.24, 2.45) is 5.92 Å². The van der Waals surface area contributed by atoms with Crippen LogP contribution in [-0.4, -0.2) is 22.6 Å². The third-order valence-corrected chi connectivity index (χ3v) is 2.85. The molecular weight excluding hydrogens is 204 g/mol. The highest BCUT2D eigenvalue weighted by Crippen LogP contribution is 2.33. The lowest BCUT2D eigenvalue weighted by Crippen LogP contribution is -2.08. The summed E-state index contributed by atoms with van der Waals surface area (Å²) in [6.07, 6.45) is 8.08. The Kier molecular flexibility index (Phi) is 3.39. The lowest BCUT2D eigenvalue weighted by atomic mass is 10.2. The lowest BCUT2D eigenvalue weighted by molar-refractivity contribution is 0.0697. The summed E-state index contributed by atoms with van der Waals surface area (Å²) in [7, 11) is 0. The Labute approximate surface area is 94.7 Å². The van der Waals surface area contributed by atoms with E-state index in [4.69, 9.17) is 5.11 Å². The number of pyridine rings is 1. The number of carboxylic acid groups (broad SMARTS) is 1. The van der Waals surface area contributed by atoms with Gasteiger partial charge in [0.15, 0.2) is 0 Å². The van der Waals surface area contributed by atoms with E-state index in [0.29, 0.717) is 5.69 Å². The van der Waals surface area contributed by atoms with Gasteiger partial charge in [-0.15, -0.1) is 0 Å². The van der Waals surface area contributed by atoms with Crippen LogP contribution < -0.4 is 5.32 Å². The molecule has 0 bridgehead atoms. The minimum Gasteiger partial charge on any atom is -0.478 e. The van der Waals surface area contributed by atoms with Gasteiger partial charge in [0.1, 0.15) is 5.56 Å². The maximum atomic E-state index is 10.9. The minimum absolute atomic E-state index is 0.244. The number of carbonyl (C=O) groups is 1. The van der Waals surface area contributed by atoms with Gasteiger partial charge in [0.25, 0.3) is 0 Å². The molecule has 4 heteroatoms. The van der Waals surface area contributed by atoms with Crippen LogP contribution in [0.3, 0.4) is 0 Å². The molecule has 1 saturated carbocycles. The van der Waals surface area contributed by atoms with Gasteiger partial charge in [-0.1, -0.05) is 12.8 Å². The van der Waals surface area contributed by atoms with Gasteiger partial charge in [0.05, 0.1) is 5.69 Å². The number of nitrogens with one attached hydrogen (secondary N) is 1. The molecule has 0 spiro atoms. The van der Waals surface area contributed by atoms with Gasteiger partial charge in [-0.05, 0) is 24.8 Å². The monoisotopic (exact) mass is 220 g/mol. The van der Waals surface area contributed by atoms with Gasteiger partial charge >= 0.3 is 5.97 Å². The molecule has 2 rings (SSSR count). The summed E-state index contributed by atoms with van der Waals surface area (Å²) in [6.45, 7) is 0.834. The average molecular weight is 220 g/mol. The lowest BCUT2D eigenvalue weighted by Gasteiger charge is -2.08. The van der Waals surface area contributed by atoms with E-state index in [2.05, 4.69) is 10.3 Å². The highest BCUT2D eigenvalue weighted by atomic mass is 16.4. The highest BCUT2D eigenvalue weighted by molar-refractivity contribution is 5.93. The molecule has 0 saturated heterocycles. The van der Waals surface area contributed by atoms with Gasteiger partial charge in [0.2, 0.25) is 0 Å². The van der Waals surface area contributed by atoms with Crippen LogP contribution in [0.1, 0.15) is 36.0 Å². The topological polar surface area (TPSA) is 62.2 Å². The second kappa shape index (κ2) is 4.96. The van der Waals surface area contributed by atoms with E-state index in [0.717, 1.165) is 18.9 Å². The minimum atomic E-state index is -0.933. The van der Waals surface area contributed by atoms with E-state index >= 15 is 0 Å². The van der Waals surface area contributed by atoms with Crippen LogP contribution >= 0.6 is 0 Å². The Morgan fingerprint density at radius 2 is 2.38 bits per heavy atom. The first-order valence-electron chi connectivity index (χ1n) is 5.68. The molecule has 16 heavy (non-hydrogen) atoms. The molecular formula is C12H16N2O2. The van der Waals surface area contributed by atoms with E-state index < -0.39 is 5.97 Å². The van der Waals surface area contributed by atoms with Gasteiger partial charge in [-0.25, -0.2) is 4.79 Å². The molecule has 1 aromatic rings. The Morgan fingerprint density at radius 3 is 3.06 bits per heavy atom. The van der Waals surface area contributed by atoms with Gasteiger partial charge in [0, 0.05) is 18.9 Å². The zero-order chi connectivity index (χ0) is 11.4. The molecule has 0 amide bonds. The van der Waals surface area contributed by atoms with Crippen LogP contribution in [0.2, 0.25) is 0 Å². The predicted octanol–water partition coefficient (Wildman–Crippen LogP) is 2.38. The highest BCUT2D eigenvalue weighted by Gasteiger charge is 2.20. The SMILES string of the molecule is O=C(O)c1cnccc1NCCCC1CC1. The summed E-state index contributed by atoms with van der Waals surface area (Å²) in [6, 6.07) is 1.71. The number of aromatic carboxylic acids is 1. The van der Waals surface area contributed by atoms with Gasteiger partial charge < -0.3 is 10.4 Å². The van der Waals surface area contributed by atoms with E-state index in [-0.39, 0.29) is 5.56 Å². The third kappa shape index (κ3) is 2.95. The largest absolute Gasteiger partial charge is 0.478 e. The first-order valence-corrected chi connectivity index (χ1v) is 5.68. The van der Waals surface area contributed by atoms with Crippen molar-refractivity contribution in [1.29, 1.82) is 0 Å². The zero-order valence-electron chi connectivity index (χ0n) is 9.15. The molecule has 1 aliphatic rings. The first-order chi connectivity index (χ1) is 7.77. The third-order valence-electron chi connectivity index (χ3n) is 2.85. The summed E-state index contributed by atoms with van der Waals surface area (Å²) in [4.78, 5) is 14.7. The number of hydrogen-bond donors (Lipinski definition) is 2. The summed E-state index contributed by atoms with van der Waals surface area (Å²) in [5, 5.41) is 12.1. The standard InChI is InChI=1S/C12H16N2O2/c15-12(16)10-8-13-7-5-11(10)14-6-1-2-9-3-4-9/h5,7-9H,1-4,6H2,(H,13,14)(H,15,16). The normalized spacial score (nSPS) is 14.8. The summed E-state index contributed by atoms with van der Waals surface area (Å²) in [5.74, 6) is -0.00372. The summed E-state index contributed by atoms with van der Waals surface area (Å²) >= 11 is 0. The smallest absolute Gasteiger partial charge is 0.339 e. The number of carboxylic acids is 1. The Hall–Kier alpha value is -1.58. The Balaban J connectivity index is 1.84. The van der Waals surface area contributed by atoms with Crippen LogP contribution in [0.25, 0.3) is 0 Å². The van der Waals surface area contributed by atoms with Crippen molar-refractivity contribution in [2.75, 3.05) is 11.9 Å². The maximum absolute atomic E-state index is 10.9. The predicted molar refractivity (Wildman–Crippen MR) is 61.6 cm³/mol. The maximum Gasteiger partial charge on any atom is 0.339 e. The molecule has 0 aromatic carbocycles. The van der Waals surface area contributed by atoms with Crippen LogP contribution in [0.15, 0.2) is 18.5 Å². The van der Waals surface area contributed by atoms with Crippen molar-refractivity contribution in [3.8, 4) is 0 Å². The van der Waals surface area contributed by atoms with E-state index in [1.807, 2.05) is 0 Å².